The number of alkyl carbamates (subject to hydrolysis) is 1. The summed E-state index contributed by atoms with van der Waals surface area (Å²) in [5.41, 5.74) is -0.713. The van der Waals surface area contributed by atoms with E-state index in [4.69, 9.17) is 9.15 Å². The molecule has 0 fully saturated rings. The van der Waals surface area contributed by atoms with Crippen molar-refractivity contribution in [3.8, 4) is 0 Å². The molecular weight excluding hydrogens is 294 g/mol. The van der Waals surface area contributed by atoms with Crippen LogP contribution >= 0.6 is 0 Å². The summed E-state index contributed by atoms with van der Waals surface area (Å²) in [6.07, 6.45) is 1.21. The molecule has 0 saturated heterocycles. The van der Waals surface area contributed by atoms with Gasteiger partial charge >= 0.3 is 6.09 Å². The first-order chi connectivity index (χ1) is 10.1. The molecule has 7 heteroatoms. The molecule has 0 aliphatic carbocycles. The van der Waals surface area contributed by atoms with E-state index in [1.165, 1.54) is 0 Å². The fraction of sp³-hybridized carbons (Fsp3) is 0.667. The first kappa shape index (κ1) is 18.4. The second-order valence-corrected chi connectivity index (χ2v) is 6.28. The van der Waals surface area contributed by atoms with Crippen molar-refractivity contribution in [2.45, 2.75) is 51.7 Å². The van der Waals surface area contributed by atoms with E-state index in [9.17, 15) is 13.6 Å². The minimum Gasteiger partial charge on any atom is -0.469 e. The van der Waals surface area contributed by atoms with E-state index in [1.54, 1.807) is 46.1 Å². The first-order valence-corrected chi connectivity index (χ1v) is 7.18. The van der Waals surface area contributed by atoms with Crippen LogP contribution in [0.2, 0.25) is 0 Å². The van der Waals surface area contributed by atoms with E-state index >= 15 is 0 Å². The largest absolute Gasteiger partial charge is 0.469 e. The number of amides is 1. The molecule has 2 N–H and O–H groups in total. The van der Waals surface area contributed by atoms with Gasteiger partial charge in [0.2, 0.25) is 0 Å². The standard InChI is InChI=1S/C15H24F2N2O3/c1-11(8-12-6-5-7-21-12)18-9-15(16,17)10-19-13(20)22-14(2,3)4/h5-7,11,18H,8-10H2,1-4H3,(H,19,20). The van der Waals surface area contributed by atoms with Crippen molar-refractivity contribution in [1.29, 1.82) is 0 Å². The van der Waals surface area contributed by atoms with Gasteiger partial charge in [0, 0.05) is 12.5 Å². The Balaban J connectivity index is 2.29. The molecule has 0 radical (unpaired) electrons. The third kappa shape index (κ3) is 7.97. The fourth-order valence-electron chi connectivity index (χ4n) is 1.70. The Kier molecular flexibility index (Phi) is 6.34. The van der Waals surface area contributed by atoms with Gasteiger partial charge in [-0.1, -0.05) is 0 Å². The highest BCUT2D eigenvalue weighted by atomic mass is 19.3. The van der Waals surface area contributed by atoms with Crippen LogP contribution in [0.4, 0.5) is 13.6 Å². The third-order valence-corrected chi connectivity index (χ3v) is 2.69. The van der Waals surface area contributed by atoms with Crippen molar-refractivity contribution in [1.82, 2.24) is 10.6 Å². The number of ether oxygens (including phenoxy) is 1. The van der Waals surface area contributed by atoms with Crippen LogP contribution in [0.15, 0.2) is 22.8 Å². The molecule has 1 aromatic heterocycles. The van der Waals surface area contributed by atoms with Crippen LogP contribution in [0.5, 0.6) is 0 Å². The number of hydrogen-bond donors (Lipinski definition) is 2. The molecule has 0 aliphatic rings. The first-order valence-electron chi connectivity index (χ1n) is 7.18. The van der Waals surface area contributed by atoms with Crippen LogP contribution in [0.3, 0.4) is 0 Å². The normalized spacial score (nSPS) is 13.7. The average molecular weight is 318 g/mol. The zero-order valence-electron chi connectivity index (χ0n) is 13.4. The van der Waals surface area contributed by atoms with Gasteiger partial charge in [0.15, 0.2) is 0 Å². The van der Waals surface area contributed by atoms with Crippen molar-refractivity contribution >= 4 is 6.09 Å². The predicted molar refractivity (Wildman–Crippen MR) is 79.1 cm³/mol. The lowest BCUT2D eigenvalue weighted by Crippen LogP contribution is -2.46. The van der Waals surface area contributed by atoms with Gasteiger partial charge in [-0.05, 0) is 39.8 Å². The van der Waals surface area contributed by atoms with E-state index in [0.29, 0.717) is 6.42 Å². The van der Waals surface area contributed by atoms with Crippen LogP contribution < -0.4 is 10.6 Å². The van der Waals surface area contributed by atoms with Gasteiger partial charge in [0.25, 0.3) is 5.92 Å². The molecule has 1 atom stereocenters. The molecule has 1 rings (SSSR count). The lowest BCUT2D eigenvalue weighted by molar-refractivity contribution is -0.00527. The number of carbonyl (C=O) groups is 1. The van der Waals surface area contributed by atoms with E-state index in [2.05, 4.69) is 10.6 Å². The summed E-state index contributed by atoms with van der Waals surface area (Å²) >= 11 is 0. The van der Waals surface area contributed by atoms with Crippen molar-refractivity contribution in [2.75, 3.05) is 13.1 Å². The molecule has 1 heterocycles. The van der Waals surface area contributed by atoms with Crippen LogP contribution in [0.1, 0.15) is 33.5 Å². The van der Waals surface area contributed by atoms with Gasteiger partial charge < -0.3 is 19.8 Å². The monoisotopic (exact) mass is 318 g/mol. The maximum absolute atomic E-state index is 13.7. The summed E-state index contributed by atoms with van der Waals surface area (Å²) in [5.74, 6) is -2.33. The SMILES string of the molecule is CC(Cc1ccco1)NCC(F)(F)CNC(=O)OC(C)(C)C. The number of hydrogen-bond acceptors (Lipinski definition) is 4. The van der Waals surface area contributed by atoms with E-state index in [1.807, 2.05) is 0 Å². The second kappa shape index (κ2) is 7.58. The molecule has 1 amide bonds. The van der Waals surface area contributed by atoms with E-state index in [-0.39, 0.29) is 6.04 Å². The second-order valence-electron chi connectivity index (χ2n) is 6.28. The molecule has 0 bridgehead atoms. The summed E-state index contributed by atoms with van der Waals surface area (Å²) in [4.78, 5) is 11.4. The van der Waals surface area contributed by atoms with Gasteiger partial charge in [-0.3, -0.25) is 0 Å². The van der Waals surface area contributed by atoms with Gasteiger partial charge in [-0.15, -0.1) is 0 Å². The van der Waals surface area contributed by atoms with E-state index < -0.39 is 30.7 Å². The molecule has 0 saturated carbocycles. The van der Waals surface area contributed by atoms with Gasteiger partial charge in [-0.2, -0.15) is 0 Å². The van der Waals surface area contributed by atoms with E-state index in [0.717, 1.165) is 5.76 Å². The highest BCUT2D eigenvalue weighted by molar-refractivity contribution is 5.67. The molecule has 126 valence electrons. The summed E-state index contributed by atoms with van der Waals surface area (Å²) in [7, 11) is 0. The summed E-state index contributed by atoms with van der Waals surface area (Å²) in [6, 6.07) is 3.38. The Bertz CT molecular complexity index is 456. The molecule has 5 nitrogen and oxygen atoms in total. The van der Waals surface area contributed by atoms with Crippen LogP contribution in [-0.2, 0) is 11.2 Å². The van der Waals surface area contributed by atoms with Crippen LogP contribution in [-0.4, -0.2) is 36.7 Å². The zero-order chi connectivity index (χ0) is 16.8. The molecule has 0 spiro atoms. The van der Waals surface area contributed by atoms with Crippen LogP contribution in [0.25, 0.3) is 0 Å². The summed E-state index contributed by atoms with van der Waals surface area (Å²) < 4.78 is 37.5. The lowest BCUT2D eigenvalue weighted by Gasteiger charge is -2.23. The molecular formula is C15H24F2N2O3. The zero-order valence-corrected chi connectivity index (χ0v) is 13.4. The van der Waals surface area contributed by atoms with Gasteiger partial charge in [-0.25, -0.2) is 13.6 Å². The number of halogens is 2. The fourth-order valence-corrected chi connectivity index (χ4v) is 1.70. The maximum atomic E-state index is 13.7. The highest BCUT2D eigenvalue weighted by Gasteiger charge is 2.30. The topological polar surface area (TPSA) is 63.5 Å². The molecule has 0 aliphatic heterocycles. The minimum atomic E-state index is -3.06. The Labute approximate surface area is 129 Å². The Hall–Kier alpha value is -1.63. The molecule has 1 unspecified atom stereocenters. The molecule has 1 aromatic rings. The minimum absolute atomic E-state index is 0.168. The van der Waals surface area contributed by atoms with Gasteiger partial charge in [0.1, 0.15) is 11.4 Å². The van der Waals surface area contributed by atoms with Crippen molar-refractivity contribution in [3.63, 3.8) is 0 Å². The maximum Gasteiger partial charge on any atom is 0.407 e. The van der Waals surface area contributed by atoms with Crippen molar-refractivity contribution in [3.05, 3.63) is 24.2 Å². The van der Waals surface area contributed by atoms with Gasteiger partial charge in [0.05, 0.1) is 19.4 Å². The molecule has 0 aromatic carbocycles. The predicted octanol–water partition coefficient (Wildman–Crippen LogP) is 2.96. The smallest absolute Gasteiger partial charge is 0.407 e. The van der Waals surface area contributed by atoms with Crippen molar-refractivity contribution < 1.29 is 22.7 Å². The number of furan rings is 1. The molecule has 22 heavy (non-hydrogen) atoms. The highest BCUT2D eigenvalue weighted by Crippen LogP contribution is 2.13. The third-order valence-electron chi connectivity index (χ3n) is 2.69. The average Bonchev–Trinajstić information content (AvgIpc) is 2.85. The number of rotatable bonds is 7. The quantitative estimate of drug-likeness (QED) is 0.811. The Morgan fingerprint density at radius 3 is 2.59 bits per heavy atom. The lowest BCUT2D eigenvalue weighted by atomic mass is 10.2. The van der Waals surface area contributed by atoms with Crippen LogP contribution in [0, 0.1) is 0 Å². The summed E-state index contributed by atoms with van der Waals surface area (Å²) in [6.45, 7) is 5.49. The number of alkyl halides is 2. The van der Waals surface area contributed by atoms with Crippen molar-refractivity contribution in [2.24, 2.45) is 0 Å². The Morgan fingerprint density at radius 2 is 2.05 bits per heavy atom. The summed E-state index contributed by atoms with van der Waals surface area (Å²) in [5, 5.41) is 4.81. The number of carbonyl (C=O) groups excluding carboxylic acids is 1. The Morgan fingerprint density at radius 1 is 1.36 bits per heavy atom. The number of nitrogens with one attached hydrogen (secondary N) is 2.